The van der Waals surface area contributed by atoms with Crippen LogP contribution >= 0.6 is 0 Å². The number of amides is 1. The Morgan fingerprint density at radius 1 is 0.980 bits per heavy atom. The Bertz CT molecular complexity index is 2170. The summed E-state index contributed by atoms with van der Waals surface area (Å²) in [5.74, 6) is -3.42. The normalized spacial score (nSPS) is 20.7. The highest BCUT2D eigenvalue weighted by molar-refractivity contribution is 6.09. The summed E-state index contributed by atoms with van der Waals surface area (Å²) in [7, 11) is 1.63. The van der Waals surface area contributed by atoms with Crippen molar-refractivity contribution in [2.45, 2.75) is 56.4 Å². The third-order valence-electron chi connectivity index (χ3n) is 9.94. The Balaban J connectivity index is 1.12. The number of imidazole rings is 1. The minimum atomic E-state index is -4.70. The Morgan fingerprint density at radius 2 is 1.69 bits per heavy atom. The number of carbonyl (C=O) groups is 2. The van der Waals surface area contributed by atoms with E-state index in [0.717, 1.165) is 24.3 Å². The number of nitrogens with one attached hydrogen (secondary N) is 2. The topological polar surface area (TPSA) is 80.4 Å². The second-order valence-electron chi connectivity index (χ2n) is 13.0. The van der Waals surface area contributed by atoms with Crippen LogP contribution in [0.5, 0.6) is 0 Å². The molecule has 2 fully saturated rings. The van der Waals surface area contributed by atoms with Gasteiger partial charge in [-0.15, -0.1) is 0 Å². The van der Waals surface area contributed by atoms with Gasteiger partial charge in [-0.05, 0) is 87.1 Å². The van der Waals surface area contributed by atoms with E-state index in [0.29, 0.717) is 49.0 Å². The number of aryl methyl sites for hydroxylation is 2. The van der Waals surface area contributed by atoms with Crippen LogP contribution in [0.1, 0.15) is 59.5 Å². The van der Waals surface area contributed by atoms with Crippen molar-refractivity contribution >= 4 is 33.9 Å². The lowest BCUT2D eigenvalue weighted by atomic mass is 9.93. The van der Waals surface area contributed by atoms with Gasteiger partial charge in [0.2, 0.25) is 11.7 Å². The van der Waals surface area contributed by atoms with Crippen molar-refractivity contribution < 1.29 is 35.9 Å². The van der Waals surface area contributed by atoms with Gasteiger partial charge in [-0.25, -0.2) is 18.2 Å². The molecular formula is C36H31F6N5O2. The highest BCUT2D eigenvalue weighted by atomic mass is 19.4. The Morgan fingerprint density at radius 3 is 2.35 bits per heavy atom. The smallest absolute Gasteiger partial charge is 0.331 e. The van der Waals surface area contributed by atoms with Crippen LogP contribution in [0.4, 0.5) is 32.0 Å². The van der Waals surface area contributed by atoms with Gasteiger partial charge < -0.3 is 19.6 Å². The number of benzene rings is 2. The van der Waals surface area contributed by atoms with E-state index in [1.165, 1.54) is 47.0 Å². The second kappa shape index (κ2) is 11.6. The van der Waals surface area contributed by atoms with E-state index in [9.17, 15) is 27.2 Å². The zero-order valence-electron chi connectivity index (χ0n) is 26.5. The molecule has 2 N–H and O–H groups in total. The van der Waals surface area contributed by atoms with Crippen molar-refractivity contribution in [1.82, 2.24) is 19.3 Å². The lowest BCUT2D eigenvalue weighted by molar-refractivity contribution is -0.137. The molecule has 0 unspecified atom stereocenters. The molecule has 254 valence electrons. The lowest BCUT2D eigenvalue weighted by Crippen LogP contribution is -2.41. The molecule has 0 atom stereocenters. The fourth-order valence-electron chi connectivity index (χ4n) is 7.32. The summed E-state index contributed by atoms with van der Waals surface area (Å²) < 4.78 is 90.5. The van der Waals surface area contributed by atoms with E-state index in [1.807, 2.05) is 0 Å². The van der Waals surface area contributed by atoms with Crippen LogP contribution < -0.4 is 10.6 Å². The zero-order valence-corrected chi connectivity index (χ0v) is 26.5. The molecule has 0 radical (unpaired) electrons. The molecule has 7 rings (SSSR count). The average Bonchev–Trinajstić information content (AvgIpc) is 3.79. The Labute approximate surface area is 276 Å². The third-order valence-corrected chi connectivity index (χ3v) is 9.94. The molecule has 0 aliphatic heterocycles. The molecular weight excluding hydrogens is 648 g/mol. The maximum absolute atomic E-state index is 15.1. The number of carbonyl (C=O) groups excluding carboxylic acids is 2. The number of hydrogen-bond donors (Lipinski definition) is 2. The number of aromatic nitrogens is 3. The van der Waals surface area contributed by atoms with Crippen molar-refractivity contribution in [2.24, 2.45) is 7.05 Å². The van der Waals surface area contributed by atoms with Gasteiger partial charge in [0.1, 0.15) is 28.8 Å². The first-order valence-electron chi connectivity index (χ1n) is 15.8. The van der Waals surface area contributed by atoms with E-state index in [1.54, 1.807) is 18.5 Å². The maximum atomic E-state index is 15.1. The van der Waals surface area contributed by atoms with Gasteiger partial charge in [-0.2, -0.15) is 13.2 Å². The fourth-order valence-corrected chi connectivity index (χ4v) is 7.32. The van der Waals surface area contributed by atoms with Crippen molar-refractivity contribution in [3.63, 3.8) is 0 Å². The molecule has 3 heterocycles. The average molecular weight is 680 g/mol. The molecule has 2 aliphatic carbocycles. The van der Waals surface area contributed by atoms with Gasteiger partial charge in [0.15, 0.2) is 0 Å². The van der Waals surface area contributed by atoms with E-state index >= 15 is 8.78 Å². The van der Waals surface area contributed by atoms with Crippen molar-refractivity contribution in [1.29, 1.82) is 0 Å². The summed E-state index contributed by atoms with van der Waals surface area (Å²) in [4.78, 5) is 30.3. The first kappa shape index (κ1) is 32.6. The number of fused-ring (bicyclic) bond motifs is 4. The van der Waals surface area contributed by atoms with Crippen LogP contribution in [-0.2, 0) is 18.0 Å². The molecule has 0 saturated heterocycles. The summed E-state index contributed by atoms with van der Waals surface area (Å²) in [6.07, 6.45) is 2.26. The van der Waals surface area contributed by atoms with Crippen LogP contribution in [0.15, 0.2) is 66.9 Å². The number of rotatable bonds is 8. The predicted molar refractivity (Wildman–Crippen MR) is 172 cm³/mol. The maximum Gasteiger partial charge on any atom is 0.417 e. The molecule has 2 aromatic carbocycles. The van der Waals surface area contributed by atoms with Crippen LogP contribution in [0.3, 0.4) is 0 Å². The monoisotopic (exact) mass is 679 g/mol. The molecule has 2 bridgehead atoms. The van der Waals surface area contributed by atoms with Crippen molar-refractivity contribution in [3.8, 4) is 11.1 Å². The quantitative estimate of drug-likeness (QED) is 0.0996. The van der Waals surface area contributed by atoms with Crippen LogP contribution in [0.25, 0.3) is 27.7 Å². The molecule has 2 saturated carbocycles. The van der Waals surface area contributed by atoms with E-state index in [4.69, 9.17) is 0 Å². The summed E-state index contributed by atoms with van der Waals surface area (Å²) in [6.45, 7) is 1.97. The largest absolute Gasteiger partial charge is 0.417 e. The zero-order chi connectivity index (χ0) is 34.9. The predicted octanol–water partition coefficient (Wildman–Crippen LogP) is 7.84. The highest BCUT2D eigenvalue weighted by Gasteiger charge is 2.54. The van der Waals surface area contributed by atoms with E-state index in [-0.39, 0.29) is 40.0 Å². The first-order valence-corrected chi connectivity index (χ1v) is 15.8. The van der Waals surface area contributed by atoms with Gasteiger partial charge in [0.25, 0.3) is 0 Å². The van der Waals surface area contributed by atoms with Crippen LogP contribution in [-0.4, -0.2) is 43.4 Å². The highest BCUT2D eigenvalue weighted by Crippen LogP contribution is 2.52. The number of ketones is 1. The molecule has 0 spiro atoms. The number of halogens is 6. The minimum absolute atomic E-state index is 0.0415. The molecule has 5 aromatic rings. The molecule has 2 aliphatic rings. The standard InChI is InChI=1S/C36H31F6N5O2/c1-20-44-27-17-23(24(36(40,41)42)18-30(27)46(20)2)22-5-4-14-47-28(22)7-8-29(47)33(49)21-15-25(37)32(26(38)16-21)45-31(48)6-3-13-43-35-11-9-34(39,19-35)10-12-35/h3-8,14-18,43H,9-13,19H2,1-2H3,(H,45,48)/b6-3+. The van der Waals surface area contributed by atoms with Gasteiger partial charge in [0.05, 0.1) is 27.8 Å². The summed E-state index contributed by atoms with van der Waals surface area (Å²) >= 11 is 0. The molecule has 7 nitrogen and oxygen atoms in total. The lowest BCUT2D eigenvalue weighted by Gasteiger charge is -2.27. The number of hydrogen-bond acceptors (Lipinski definition) is 4. The van der Waals surface area contributed by atoms with Gasteiger partial charge in [-0.1, -0.05) is 12.1 Å². The Kier molecular flexibility index (Phi) is 7.73. The summed E-state index contributed by atoms with van der Waals surface area (Å²) in [5, 5.41) is 5.44. The van der Waals surface area contributed by atoms with Crippen molar-refractivity contribution in [2.75, 3.05) is 11.9 Å². The fraction of sp³-hybridized carbons (Fsp3) is 0.306. The molecule has 3 aromatic heterocycles. The van der Waals surface area contributed by atoms with Crippen LogP contribution in [0.2, 0.25) is 0 Å². The third kappa shape index (κ3) is 5.79. The van der Waals surface area contributed by atoms with Gasteiger partial charge >= 0.3 is 6.18 Å². The number of alkyl halides is 4. The van der Waals surface area contributed by atoms with E-state index in [2.05, 4.69) is 15.6 Å². The number of pyridine rings is 1. The number of anilines is 1. The van der Waals surface area contributed by atoms with Crippen LogP contribution in [0, 0.1) is 18.6 Å². The van der Waals surface area contributed by atoms with Gasteiger partial charge in [-0.3, -0.25) is 9.59 Å². The molecule has 13 heteroatoms. The number of nitrogens with zero attached hydrogens (tertiary/aromatic N) is 3. The first-order chi connectivity index (χ1) is 23.2. The summed E-state index contributed by atoms with van der Waals surface area (Å²) in [5.41, 5.74) is -2.46. The molecule has 49 heavy (non-hydrogen) atoms. The summed E-state index contributed by atoms with van der Waals surface area (Å²) in [6, 6.07) is 9.79. The second-order valence-corrected chi connectivity index (χ2v) is 13.0. The van der Waals surface area contributed by atoms with Crippen molar-refractivity contribution in [3.05, 3.63) is 101 Å². The van der Waals surface area contributed by atoms with Gasteiger partial charge in [0, 0.05) is 42.5 Å². The minimum Gasteiger partial charge on any atom is -0.331 e. The van der Waals surface area contributed by atoms with E-state index < -0.39 is 46.4 Å². The Hall–Kier alpha value is -4.91. The SMILES string of the molecule is Cc1nc2cc(-c3cccn4c(C(=O)c5cc(F)c(NC(=O)/C=C/CNC67CCC(F)(CC6)C7)c(F)c5)ccc34)c(C(F)(F)F)cc2n1C. The molecule has 1 amide bonds.